The van der Waals surface area contributed by atoms with Crippen LogP contribution < -0.4 is 10.1 Å². The lowest BCUT2D eigenvalue weighted by molar-refractivity contribution is -0.0223. The number of nitrogens with zero attached hydrogens (tertiary/aromatic N) is 1. The third-order valence-electron chi connectivity index (χ3n) is 6.07. The number of aliphatic hydroxyl groups excluding tert-OH is 1. The number of para-hydroxylation sites is 1. The van der Waals surface area contributed by atoms with Crippen molar-refractivity contribution in [3.63, 3.8) is 0 Å². The molecular weight excluding hydrogens is 508 g/mol. The van der Waals surface area contributed by atoms with Crippen LogP contribution in [-0.2, 0) is 4.74 Å². The van der Waals surface area contributed by atoms with E-state index in [1.807, 2.05) is 0 Å². The number of benzene rings is 2. The smallest absolute Gasteiger partial charge is 0.196 e. The van der Waals surface area contributed by atoms with E-state index in [0.717, 1.165) is 6.42 Å². The van der Waals surface area contributed by atoms with Gasteiger partial charge in [-0.25, -0.2) is 9.37 Å². The lowest BCUT2D eigenvalue weighted by atomic mass is 10.0. The molecule has 0 amide bonds. The van der Waals surface area contributed by atoms with Crippen LogP contribution in [0, 0.1) is 5.82 Å². The second-order valence-electron chi connectivity index (χ2n) is 8.47. The van der Waals surface area contributed by atoms with Crippen LogP contribution in [0.1, 0.15) is 28.8 Å². The Labute approximate surface area is 216 Å². The Bertz CT molecular complexity index is 1420. The maximum atomic E-state index is 13.9. The van der Waals surface area contributed by atoms with Crippen LogP contribution >= 0.6 is 23.2 Å². The fourth-order valence-corrected chi connectivity index (χ4v) is 4.66. The Morgan fingerprint density at radius 1 is 1.19 bits per heavy atom. The van der Waals surface area contributed by atoms with Crippen molar-refractivity contribution in [1.29, 1.82) is 0 Å². The summed E-state index contributed by atoms with van der Waals surface area (Å²) in [5.41, 5.74) is 1.65. The number of carbonyl (C=O) groups excluding carboxylic acids is 1. The summed E-state index contributed by atoms with van der Waals surface area (Å²) < 4.78 is 25.2. The molecule has 10 heteroatoms. The molecule has 3 heterocycles. The van der Waals surface area contributed by atoms with Gasteiger partial charge in [-0.2, -0.15) is 0 Å². The van der Waals surface area contributed by atoms with E-state index in [2.05, 4.69) is 15.3 Å². The normalized spacial score (nSPS) is 17.8. The molecule has 0 unspecified atom stereocenters. The first kappa shape index (κ1) is 24.5. The SMILES string of the molecule is O=C(c1ccc(Oc2ccccc2F)cc1Cl)c1c[nH]c2ncc(Cl)c(N[C@@H]3CC[C@@H](CO)OC3)c12. The molecule has 1 saturated heterocycles. The Hall–Kier alpha value is -3.17. The highest BCUT2D eigenvalue weighted by atomic mass is 35.5. The van der Waals surface area contributed by atoms with Crippen molar-refractivity contribution < 1.29 is 23.8 Å². The van der Waals surface area contributed by atoms with E-state index in [-0.39, 0.29) is 40.9 Å². The van der Waals surface area contributed by atoms with Gasteiger partial charge in [0.15, 0.2) is 17.3 Å². The van der Waals surface area contributed by atoms with Crippen molar-refractivity contribution in [1.82, 2.24) is 9.97 Å². The molecule has 0 bridgehead atoms. The lowest BCUT2D eigenvalue weighted by Crippen LogP contribution is -2.36. The first-order valence-corrected chi connectivity index (χ1v) is 12.1. The summed E-state index contributed by atoms with van der Waals surface area (Å²) >= 11 is 12.9. The standard InChI is InChI=1S/C26H22Cl2FN3O4/c27-19-9-15(36-22-4-2-1-3-21(22)29)7-8-17(19)25(34)18-10-30-26-23(18)24(20(28)11-31-26)32-14-5-6-16(12-33)35-13-14/h1-4,7-11,14,16,33H,5-6,12-13H2,(H2,30,31,32)/t14-,16+/m1/s1. The summed E-state index contributed by atoms with van der Waals surface area (Å²) in [7, 11) is 0. The molecule has 0 aliphatic carbocycles. The number of aromatic amines is 1. The Morgan fingerprint density at radius 3 is 2.75 bits per heavy atom. The van der Waals surface area contributed by atoms with Crippen molar-refractivity contribution in [2.24, 2.45) is 0 Å². The molecule has 36 heavy (non-hydrogen) atoms. The minimum Gasteiger partial charge on any atom is -0.454 e. The number of H-pyrrole nitrogens is 1. The van der Waals surface area contributed by atoms with Gasteiger partial charge in [0.05, 0.1) is 52.2 Å². The summed E-state index contributed by atoms with van der Waals surface area (Å²) in [6.07, 6.45) is 4.39. The maximum absolute atomic E-state index is 13.9. The fourth-order valence-electron chi connectivity index (χ4n) is 4.20. The molecule has 1 fully saturated rings. The number of anilines is 1. The zero-order valence-corrected chi connectivity index (χ0v) is 20.4. The van der Waals surface area contributed by atoms with Gasteiger partial charge in [-0.05, 0) is 37.1 Å². The monoisotopic (exact) mass is 529 g/mol. The minimum atomic E-state index is -0.507. The topological polar surface area (TPSA) is 96.5 Å². The van der Waals surface area contributed by atoms with E-state index >= 15 is 0 Å². The Kier molecular flexibility index (Phi) is 7.11. The summed E-state index contributed by atoms with van der Waals surface area (Å²) in [5.74, 6) is -0.493. The van der Waals surface area contributed by atoms with Gasteiger partial charge in [-0.15, -0.1) is 0 Å². The molecule has 186 valence electrons. The highest BCUT2D eigenvalue weighted by Crippen LogP contribution is 2.36. The third-order valence-corrected chi connectivity index (χ3v) is 6.67. The van der Waals surface area contributed by atoms with Gasteiger partial charge in [0.1, 0.15) is 11.4 Å². The van der Waals surface area contributed by atoms with Crippen LogP contribution in [-0.4, -0.2) is 46.2 Å². The van der Waals surface area contributed by atoms with Crippen molar-refractivity contribution >= 4 is 45.7 Å². The van der Waals surface area contributed by atoms with Gasteiger partial charge in [0, 0.05) is 23.9 Å². The van der Waals surface area contributed by atoms with E-state index in [1.165, 1.54) is 30.5 Å². The number of ether oxygens (including phenoxy) is 2. The van der Waals surface area contributed by atoms with Crippen LogP contribution in [0.4, 0.5) is 10.1 Å². The predicted molar refractivity (Wildman–Crippen MR) is 136 cm³/mol. The number of hydrogen-bond acceptors (Lipinski definition) is 6. The average Bonchev–Trinajstić information content (AvgIpc) is 3.32. The summed E-state index contributed by atoms with van der Waals surface area (Å²) in [5, 5.41) is 13.7. The molecule has 1 aliphatic rings. The largest absolute Gasteiger partial charge is 0.454 e. The van der Waals surface area contributed by atoms with Crippen LogP contribution in [0.5, 0.6) is 11.5 Å². The molecule has 0 saturated carbocycles. The zero-order valence-electron chi connectivity index (χ0n) is 18.9. The molecule has 2 atom stereocenters. The number of halogens is 3. The summed E-state index contributed by atoms with van der Waals surface area (Å²) in [4.78, 5) is 20.9. The molecular formula is C26H22Cl2FN3O4. The van der Waals surface area contributed by atoms with Crippen LogP contribution in [0.2, 0.25) is 10.0 Å². The molecule has 5 rings (SSSR count). The van der Waals surface area contributed by atoms with E-state index in [1.54, 1.807) is 24.4 Å². The number of pyridine rings is 1. The number of fused-ring (bicyclic) bond motifs is 1. The molecule has 2 aromatic heterocycles. The van der Waals surface area contributed by atoms with E-state index in [9.17, 15) is 14.3 Å². The maximum Gasteiger partial charge on any atom is 0.196 e. The predicted octanol–water partition coefficient (Wildman–Crippen LogP) is 5.98. The summed E-state index contributed by atoms with van der Waals surface area (Å²) in [6, 6.07) is 10.5. The molecule has 7 nitrogen and oxygen atoms in total. The van der Waals surface area contributed by atoms with E-state index < -0.39 is 5.82 Å². The number of rotatable bonds is 7. The number of ketones is 1. The Balaban J connectivity index is 1.44. The van der Waals surface area contributed by atoms with E-state index in [4.69, 9.17) is 32.7 Å². The van der Waals surface area contributed by atoms with Crippen molar-refractivity contribution in [3.05, 3.63) is 81.8 Å². The molecule has 2 aromatic carbocycles. The zero-order chi connectivity index (χ0) is 25.2. The first-order valence-electron chi connectivity index (χ1n) is 11.4. The van der Waals surface area contributed by atoms with Gasteiger partial charge < -0.3 is 24.9 Å². The molecule has 1 aliphatic heterocycles. The van der Waals surface area contributed by atoms with Gasteiger partial charge in [-0.1, -0.05) is 35.3 Å². The fraction of sp³-hybridized carbons (Fsp3) is 0.231. The second kappa shape index (κ2) is 10.4. The van der Waals surface area contributed by atoms with E-state index in [0.29, 0.717) is 46.1 Å². The summed E-state index contributed by atoms with van der Waals surface area (Å²) in [6.45, 7) is 0.378. The quantitative estimate of drug-likeness (QED) is 0.254. The average molecular weight is 530 g/mol. The highest BCUT2D eigenvalue weighted by Gasteiger charge is 2.25. The number of aromatic nitrogens is 2. The molecule has 0 spiro atoms. The van der Waals surface area contributed by atoms with Crippen LogP contribution in [0.3, 0.4) is 0 Å². The lowest BCUT2D eigenvalue weighted by Gasteiger charge is -2.29. The minimum absolute atomic E-state index is 0.0195. The van der Waals surface area contributed by atoms with Crippen molar-refractivity contribution in [2.75, 3.05) is 18.5 Å². The molecule has 0 radical (unpaired) electrons. The first-order chi connectivity index (χ1) is 17.4. The van der Waals surface area contributed by atoms with Gasteiger partial charge in [0.2, 0.25) is 0 Å². The van der Waals surface area contributed by atoms with Crippen molar-refractivity contribution in [2.45, 2.75) is 25.0 Å². The number of carbonyl (C=O) groups is 1. The third kappa shape index (κ3) is 4.90. The van der Waals surface area contributed by atoms with Crippen LogP contribution in [0.15, 0.2) is 54.9 Å². The number of aliphatic hydroxyl groups is 1. The molecule has 4 aromatic rings. The van der Waals surface area contributed by atoms with Crippen LogP contribution in [0.25, 0.3) is 11.0 Å². The number of hydrogen-bond donors (Lipinski definition) is 3. The van der Waals surface area contributed by atoms with Gasteiger partial charge >= 0.3 is 0 Å². The Morgan fingerprint density at radius 2 is 2.03 bits per heavy atom. The number of nitrogens with one attached hydrogen (secondary N) is 2. The van der Waals surface area contributed by atoms with Gasteiger partial charge in [-0.3, -0.25) is 4.79 Å². The van der Waals surface area contributed by atoms with Crippen molar-refractivity contribution in [3.8, 4) is 11.5 Å². The second-order valence-corrected chi connectivity index (χ2v) is 9.28. The molecule has 3 N–H and O–H groups in total. The highest BCUT2D eigenvalue weighted by molar-refractivity contribution is 6.37. The van der Waals surface area contributed by atoms with Gasteiger partial charge in [0.25, 0.3) is 0 Å².